The summed E-state index contributed by atoms with van der Waals surface area (Å²) in [5.74, 6) is 1.39. The first-order valence-corrected chi connectivity index (χ1v) is 7.68. The summed E-state index contributed by atoms with van der Waals surface area (Å²) >= 11 is 0. The first-order chi connectivity index (χ1) is 9.58. The van der Waals surface area contributed by atoms with Crippen LogP contribution in [0, 0.1) is 11.8 Å². The van der Waals surface area contributed by atoms with Crippen molar-refractivity contribution in [2.45, 2.75) is 58.5 Å². The molecule has 0 bridgehead atoms. The van der Waals surface area contributed by atoms with E-state index in [9.17, 15) is 8.78 Å². The molecular formula is C17H25F2N. The molecule has 1 aliphatic rings. The highest BCUT2D eigenvalue weighted by molar-refractivity contribution is 5.24. The Balaban J connectivity index is 1.95. The number of hydrogen-bond acceptors (Lipinski definition) is 1. The molecule has 0 spiro atoms. The van der Waals surface area contributed by atoms with Gasteiger partial charge in [-0.25, -0.2) is 8.78 Å². The summed E-state index contributed by atoms with van der Waals surface area (Å²) in [7, 11) is 0. The number of halogens is 2. The van der Waals surface area contributed by atoms with Crippen LogP contribution >= 0.6 is 0 Å². The van der Waals surface area contributed by atoms with Crippen molar-refractivity contribution in [2.24, 2.45) is 11.8 Å². The zero-order valence-electron chi connectivity index (χ0n) is 12.4. The Morgan fingerprint density at radius 1 is 1.20 bits per heavy atom. The van der Waals surface area contributed by atoms with Gasteiger partial charge in [-0.1, -0.05) is 44.9 Å². The van der Waals surface area contributed by atoms with Crippen LogP contribution in [0.25, 0.3) is 0 Å². The summed E-state index contributed by atoms with van der Waals surface area (Å²) < 4.78 is 25.4. The second-order valence-electron chi connectivity index (χ2n) is 6.23. The molecule has 112 valence electrons. The van der Waals surface area contributed by atoms with Gasteiger partial charge in [-0.15, -0.1) is 0 Å². The molecule has 1 aromatic carbocycles. The lowest BCUT2D eigenvalue weighted by atomic mass is 9.78. The van der Waals surface area contributed by atoms with Crippen molar-refractivity contribution >= 4 is 0 Å². The van der Waals surface area contributed by atoms with Crippen molar-refractivity contribution < 1.29 is 8.78 Å². The number of rotatable bonds is 5. The van der Waals surface area contributed by atoms with E-state index in [4.69, 9.17) is 0 Å². The largest absolute Gasteiger partial charge is 0.310 e. The molecule has 2 rings (SSSR count). The van der Waals surface area contributed by atoms with Crippen LogP contribution in [0.5, 0.6) is 0 Å². The van der Waals surface area contributed by atoms with Gasteiger partial charge in [0.05, 0.1) is 0 Å². The van der Waals surface area contributed by atoms with Gasteiger partial charge in [0.15, 0.2) is 0 Å². The summed E-state index contributed by atoms with van der Waals surface area (Å²) in [6.45, 7) is 5.25. The van der Waals surface area contributed by atoms with E-state index in [2.05, 4.69) is 19.2 Å². The van der Waals surface area contributed by atoms with E-state index in [1.54, 1.807) is 12.1 Å². The first-order valence-electron chi connectivity index (χ1n) is 7.68. The van der Waals surface area contributed by atoms with E-state index in [1.165, 1.54) is 31.7 Å². The minimum Gasteiger partial charge on any atom is -0.310 e. The molecule has 1 nitrogen and oxygen atoms in total. The Labute approximate surface area is 120 Å². The fourth-order valence-corrected chi connectivity index (χ4v) is 3.30. The SMILES string of the molecule is CC(C)C1CCCCC1NCc1cccc(C(F)F)c1. The molecule has 20 heavy (non-hydrogen) atoms. The van der Waals surface area contributed by atoms with Crippen molar-refractivity contribution in [2.75, 3.05) is 0 Å². The van der Waals surface area contributed by atoms with Gasteiger partial charge in [0.2, 0.25) is 0 Å². The van der Waals surface area contributed by atoms with Crippen molar-refractivity contribution in [3.05, 3.63) is 35.4 Å². The quantitative estimate of drug-likeness (QED) is 0.807. The minimum absolute atomic E-state index is 0.119. The smallest absolute Gasteiger partial charge is 0.263 e. The molecule has 3 heteroatoms. The fourth-order valence-electron chi connectivity index (χ4n) is 3.30. The van der Waals surface area contributed by atoms with E-state index in [0.717, 1.165) is 5.56 Å². The van der Waals surface area contributed by atoms with Crippen LogP contribution in [0.2, 0.25) is 0 Å². The monoisotopic (exact) mass is 281 g/mol. The minimum atomic E-state index is -2.38. The van der Waals surface area contributed by atoms with Crippen LogP contribution in [0.4, 0.5) is 8.78 Å². The van der Waals surface area contributed by atoms with Crippen LogP contribution < -0.4 is 5.32 Å². The average Bonchev–Trinajstić information content (AvgIpc) is 2.45. The molecule has 0 aliphatic heterocycles. The fraction of sp³-hybridized carbons (Fsp3) is 0.647. The van der Waals surface area contributed by atoms with Gasteiger partial charge in [0.25, 0.3) is 6.43 Å². The lowest BCUT2D eigenvalue weighted by Gasteiger charge is -2.35. The Hall–Kier alpha value is -0.960. The van der Waals surface area contributed by atoms with Gasteiger partial charge in [0, 0.05) is 18.2 Å². The van der Waals surface area contributed by atoms with Gasteiger partial charge in [-0.05, 0) is 36.3 Å². The second-order valence-corrected chi connectivity index (χ2v) is 6.23. The number of alkyl halides is 2. The summed E-state index contributed by atoms with van der Waals surface area (Å²) in [6, 6.07) is 7.28. The van der Waals surface area contributed by atoms with E-state index in [-0.39, 0.29) is 5.56 Å². The summed E-state index contributed by atoms with van der Waals surface area (Å²) in [5.41, 5.74) is 1.07. The van der Waals surface area contributed by atoms with Gasteiger partial charge in [-0.2, -0.15) is 0 Å². The average molecular weight is 281 g/mol. The maximum atomic E-state index is 12.7. The lowest BCUT2D eigenvalue weighted by Crippen LogP contribution is -2.40. The Kier molecular flexibility index (Phi) is 5.53. The molecule has 0 radical (unpaired) electrons. The van der Waals surface area contributed by atoms with Crippen LogP contribution in [-0.4, -0.2) is 6.04 Å². The highest BCUT2D eigenvalue weighted by Gasteiger charge is 2.26. The van der Waals surface area contributed by atoms with Crippen LogP contribution in [0.15, 0.2) is 24.3 Å². The zero-order valence-corrected chi connectivity index (χ0v) is 12.4. The van der Waals surface area contributed by atoms with E-state index >= 15 is 0 Å². The second kappa shape index (κ2) is 7.16. The predicted molar refractivity (Wildman–Crippen MR) is 78.8 cm³/mol. The predicted octanol–water partition coefficient (Wildman–Crippen LogP) is 4.93. The maximum absolute atomic E-state index is 12.7. The molecule has 1 saturated carbocycles. The molecule has 0 heterocycles. The number of benzene rings is 1. The summed E-state index contributed by atoms with van der Waals surface area (Å²) in [5, 5.41) is 3.59. The van der Waals surface area contributed by atoms with E-state index in [1.807, 2.05) is 6.07 Å². The molecule has 1 aliphatic carbocycles. The molecule has 0 aromatic heterocycles. The van der Waals surface area contributed by atoms with Gasteiger partial charge in [-0.3, -0.25) is 0 Å². The highest BCUT2D eigenvalue weighted by atomic mass is 19.3. The van der Waals surface area contributed by atoms with E-state index < -0.39 is 6.43 Å². The molecule has 1 fully saturated rings. The van der Waals surface area contributed by atoms with Gasteiger partial charge in [0.1, 0.15) is 0 Å². The lowest BCUT2D eigenvalue weighted by molar-refractivity contribution is 0.151. The van der Waals surface area contributed by atoms with Gasteiger partial charge >= 0.3 is 0 Å². The van der Waals surface area contributed by atoms with Crippen molar-refractivity contribution in [1.29, 1.82) is 0 Å². The normalized spacial score (nSPS) is 23.5. The Morgan fingerprint density at radius 2 is 1.95 bits per heavy atom. The molecule has 0 amide bonds. The van der Waals surface area contributed by atoms with Crippen LogP contribution in [0.3, 0.4) is 0 Å². The van der Waals surface area contributed by atoms with Gasteiger partial charge < -0.3 is 5.32 Å². The summed E-state index contributed by atoms with van der Waals surface area (Å²) in [4.78, 5) is 0. The molecule has 2 atom stereocenters. The zero-order chi connectivity index (χ0) is 14.5. The third-order valence-electron chi connectivity index (χ3n) is 4.45. The topological polar surface area (TPSA) is 12.0 Å². The first kappa shape index (κ1) is 15.4. The third kappa shape index (κ3) is 4.02. The number of hydrogen-bond donors (Lipinski definition) is 1. The van der Waals surface area contributed by atoms with Crippen LogP contribution in [-0.2, 0) is 6.54 Å². The van der Waals surface area contributed by atoms with Crippen molar-refractivity contribution in [3.63, 3.8) is 0 Å². The molecule has 1 N–H and O–H groups in total. The van der Waals surface area contributed by atoms with Crippen molar-refractivity contribution in [3.8, 4) is 0 Å². The van der Waals surface area contributed by atoms with Crippen LogP contribution in [0.1, 0.15) is 57.1 Å². The Morgan fingerprint density at radius 3 is 2.65 bits per heavy atom. The number of nitrogens with one attached hydrogen (secondary N) is 1. The van der Waals surface area contributed by atoms with E-state index in [0.29, 0.717) is 24.4 Å². The highest BCUT2D eigenvalue weighted by Crippen LogP contribution is 2.30. The summed E-state index contributed by atoms with van der Waals surface area (Å²) in [6.07, 6.45) is 2.71. The molecule has 1 aromatic rings. The Bertz CT molecular complexity index is 417. The molecule has 2 unspecified atom stereocenters. The molecule has 0 saturated heterocycles. The van der Waals surface area contributed by atoms with Crippen molar-refractivity contribution in [1.82, 2.24) is 5.32 Å². The standard InChI is InChI=1S/C17H25F2N/c1-12(2)15-8-3-4-9-16(15)20-11-13-6-5-7-14(10-13)17(18)19/h5-7,10,12,15-17,20H,3-4,8-9,11H2,1-2H3. The molecular weight excluding hydrogens is 256 g/mol. The maximum Gasteiger partial charge on any atom is 0.263 e. The third-order valence-corrected chi connectivity index (χ3v) is 4.45.